The number of aromatic amines is 1. The van der Waals surface area contributed by atoms with E-state index in [1.54, 1.807) is 6.33 Å². The van der Waals surface area contributed by atoms with E-state index in [1.165, 1.54) is 6.92 Å². The number of H-pyrrole nitrogens is 1. The summed E-state index contributed by atoms with van der Waals surface area (Å²) in [7, 11) is -3.94. The van der Waals surface area contributed by atoms with Crippen molar-refractivity contribution in [2.24, 2.45) is 5.92 Å². The van der Waals surface area contributed by atoms with Crippen LogP contribution in [0.2, 0.25) is 36.3 Å². The van der Waals surface area contributed by atoms with Crippen molar-refractivity contribution >= 4 is 39.7 Å². The van der Waals surface area contributed by atoms with Gasteiger partial charge < -0.3 is 13.4 Å². The van der Waals surface area contributed by atoms with Gasteiger partial charge in [-0.15, -0.1) is 0 Å². The first kappa shape index (κ1) is 28.7. The predicted molar refractivity (Wildman–Crippen MR) is 149 cm³/mol. The molecule has 1 saturated carbocycles. The fourth-order valence-electron chi connectivity index (χ4n) is 4.11. The maximum Gasteiger partial charge on any atom is 0.280 e. The smallest absolute Gasteiger partial charge is 0.280 e. The van der Waals surface area contributed by atoms with Gasteiger partial charge in [-0.3, -0.25) is 19.9 Å². The quantitative estimate of drug-likeness (QED) is 0.457. The molecule has 0 aliphatic heterocycles. The summed E-state index contributed by atoms with van der Waals surface area (Å²) in [4.78, 5) is 35.6. The number of hydrogen-bond acceptors (Lipinski definition) is 6. The summed E-state index contributed by atoms with van der Waals surface area (Å²) < 4.78 is 15.6. The lowest BCUT2D eigenvalue weighted by Crippen LogP contribution is -2.46. The minimum atomic E-state index is -2.01. The Hall–Kier alpha value is -1.83. The van der Waals surface area contributed by atoms with Gasteiger partial charge in [0.2, 0.25) is 11.9 Å². The van der Waals surface area contributed by atoms with E-state index in [9.17, 15) is 9.59 Å². The molecule has 1 amide bonds. The zero-order valence-electron chi connectivity index (χ0n) is 23.9. The highest BCUT2D eigenvalue weighted by molar-refractivity contribution is 6.74. The molecule has 202 valence electrons. The zero-order chi connectivity index (χ0) is 27.3. The Balaban J connectivity index is 1.94. The molecular weight excluding hydrogens is 490 g/mol. The summed E-state index contributed by atoms with van der Waals surface area (Å²) in [5, 5.41) is 2.81. The average molecular weight is 536 g/mol. The first-order valence-corrected chi connectivity index (χ1v) is 18.7. The lowest BCUT2D eigenvalue weighted by Gasteiger charge is -2.41. The van der Waals surface area contributed by atoms with Crippen LogP contribution in [0.25, 0.3) is 11.2 Å². The Bertz CT molecular complexity index is 1160. The molecule has 2 aromatic rings. The summed E-state index contributed by atoms with van der Waals surface area (Å²) in [6, 6.07) is 0.0669. The van der Waals surface area contributed by atoms with Crippen LogP contribution in [0.5, 0.6) is 0 Å². The molecule has 1 aliphatic rings. The van der Waals surface area contributed by atoms with E-state index in [0.29, 0.717) is 12.3 Å². The van der Waals surface area contributed by atoms with Crippen LogP contribution in [-0.4, -0.2) is 54.8 Å². The van der Waals surface area contributed by atoms with Gasteiger partial charge in [0.05, 0.1) is 12.4 Å². The van der Waals surface area contributed by atoms with E-state index < -0.39 is 16.6 Å². The number of amides is 1. The minimum Gasteiger partial charge on any atom is -0.416 e. The van der Waals surface area contributed by atoms with Gasteiger partial charge in [-0.2, -0.15) is 4.98 Å². The van der Waals surface area contributed by atoms with Gasteiger partial charge in [0, 0.05) is 25.5 Å². The van der Waals surface area contributed by atoms with Crippen molar-refractivity contribution in [1.29, 1.82) is 0 Å². The van der Waals surface area contributed by atoms with Crippen LogP contribution in [0.15, 0.2) is 11.1 Å². The van der Waals surface area contributed by atoms with Crippen LogP contribution in [0, 0.1) is 5.92 Å². The van der Waals surface area contributed by atoms with Crippen molar-refractivity contribution < 1.29 is 13.6 Å². The molecule has 0 saturated heterocycles. The summed E-state index contributed by atoms with van der Waals surface area (Å²) in [5.41, 5.74) is 0.379. The Kier molecular flexibility index (Phi) is 7.83. The third-order valence-corrected chi connectivity index (χ3v) is 17.4. The predicted octanol–water partition coefficient (Wildman–Crippen LogP) is 5.44. The van der Waals surface area contributed by atoms with Gasteiger partial charge >= 0.3 is 0 Å². The third kappa shape index (κ3) is 6.00. The Morgan fingerprint density at radius 1 is 1.11 bits per heavy atom. The Morgan fingerprint density at radius 2 is 1.72 bits per heavy atom. The molecule has 0 aromatic carbocycles. The number of aromatic nitrogens is 4. The minimum absolute atomic E-state index is 0.0509. The molecule has 0 spiro atoms. The maximum absolute atomic E-state index is 12.6. The number of anilines is 1. The highest BCUT2D eigenvalue weighted by atomic mass is 28.4. The van der Waals surface area contributed by atoms with Crippen LogP contribution >= 0.6 is 0 Å². The van der Waals surface area contributed by atoms with Crippen LogP contribution in [0.3, 0.4) is 0 Å². The van der Waals surface area contributed by atoms with E-state index in [0.717, 1.165) is 12.8 Å². The van der Waals surface area contributed by atoms with Crippen LogP contribution in [0.1, 0.15) is 67.3 Å². The van der Waals surface area contributed by atoms with Gasteiger partial charge in [0.25, 0.3) is 5.56 Å². The fraction of sp³-hybridized carbons (Fsp3) is 0.760. The van der Waals surface area contributed by atoms with Crippen molar-refractivity contribution in [3.8, 4) is 0 Å². The van der Waals surface area contributed by atoms with E-state index in [-0.39, 0.29) is 51.1 Å². The molecule has 0 unspecified atom stereocenters. The van der Waals surface area contributed by atoms with Crippen molar-refractivity contribution in [1.82, 2.24) is 19.5 Å². The number of carbonyl (C=O) groups excluding carboxylic acids is 1. The SMILES string of the molecule is CC(=O)Nc1nc2c(ncn2[C@@H]2C[C@H](CO[Si](C)(C)C(C)(C)C)[C@@H](O[Si](C)(C)C(C)(C)C)C2)c(=O)[nH]1. The normalized spacial score (nSPS) is 21.8. The standard InChI is InChI=1S/C25H45N5O4Si2/c1-16(31)27-23-28-21-20(22(32)29-23)26-15-30(21)18-12-17(14-33-35(8,9)24(2,3)4)19(13-18)34-36(10,11)25(5,6)7/h15,17-19H,12-14H2,1-11H3,(H2,27,28,29,31,32)/t17-,18-,19+/m1/s1. The molecular formula is C25H45N5O4Si2. The molecule has 2 heterocycles. The van der Waals surface area contributed by atoms with Gasteiger partial charge in [-0.1, -0.05) is 41.5 Å². The van der Waals surface area contributed by atoms with Gasteiger partial charge in [-0.05, 0) is 49.1 Å². The molecule has 9 nitrogen and oxygen atoms in total. The molecule has 1 fully saturated rings. The summed E-state index contributed by atoms with van der Waals surface area (Å²) in [6.45, 7) is 24.7. The molecule has 36 heavy (non-hydrogen) atoms. The second-order valence-corrected chi connectivity index (χ2v) is 22.9. The lowest BCUT2D eigenvalue weighted by atomic mass is 10.1. The van der Waals surface area contributed by atoms with Crippen LogP contribution in [0.4, 0.5) is 5.95 Å². The molecule has 11 heteroatoms. The summed E-state index contributed by atoms with van der Waals surface area (Å²) in [6.07, 6.45) is 3.39. The number of nitrogens with one attached hydrogen (secondary N) is 2. The second kappa shape index (κ2) is 9.81. The molecule has 0 bridgehead atoms. The van der Waals surface area contributed by atoms with Gasteiger partial charge in [0.15, 0.2) is 27.8 Å². The number of hydrogen-bond donors (Lipinski definition) is 2. The first-order valence-electron chi connectivity index (χ1n) is 12.9. The highest BCUT2D eigenvalue weighted by Crippen LogP contribution is 2.45. The average Bonchev–Trinajstić information content (AvgIpc) is 3.28. The van der Waals surface area contributed by atoms with Crippen LogP contribution < -0.4 is 10.9 Å². The molecule has 3 atom stereocenters. The maximum atomic E-state index is 12.6. The molecule has 2 N–H and O–H groups in total. The summed E-state index contributed by atoms with van der Waals surface area (Å²) >= 11 is 0. The van der Waals surface area contributed by atoms with E-state index in [2.05, 4.69) is 88.0 Å². The largest absolute Gasteiger partial charge is 0.416 e. The van der Waals surface area contributed by atoms with Gasteiger partial charge in [0.1, 0.15) is 0 Å². The first-order chi connectivity index (χ1) is 16.3. The monoisotopic (exact) mass is 535 g/mol. The van der Waals surface area contributed by atoms with Crippen molar-refractivity contribution in [3.63, 3.8) is 0 Å². The Labute approximate surface area is 217 Å². The summed E-state index contributed by atoms with van der Waals surface area (Å²) in [5.74, 6) is 0.0641. The van der Waals surface area contributed by atoms with Crippen LogP contribution in [-0.2, 0) is 13.6 Å². The number of imidazole rings is 1. The topological polar surface area (TPSA) is 111 Å². The number of rotatable bonds is 7. The van der Waals surface area contributed by atoms with E-state index >= 15 is 0 Å². The number of fused-ring (bicyclic) bond motifs is 1. The molecule has 1 aliphatic carbocycles. The van der Waals surface area contributed by atoms with Gasteiger partial charge in [-0.25, -0.2) is 4.98 Å². The van der Waals surface area contributed by atoms with Crippen molar-refractivity contribution in [3.05, 3.63) is 16.7 Å². The fourth-order valence-corrected chi connectivity index (χ4v) is 6.57. The Morgan fingerprint density at radius 3 is 2.28 bits per heavy atom. The second-order valence-electron chi connectivity index (χ2n) is 13.3. The lowest BCUT2D eigenvalue weighted by molar-refractivity contribution is -0.114. The van der Waals surface area contributed by atoms with E-state index in [4.69, 9.17) is 8.85 Å². The van der Waals surface area contributed by atoms with Crippen molar-refractivity contribution in [2.75, 3.05) is 11.9 Å². The molecule has 0 radical (unpaired) electrons. The third-order valence-electron chi connectivity index (χ3n) is 8.44. The number of nitrogens with zero attached hydrogens (tertiary/aromatic N) is 3. The molecule has 2 aromatic heterocycles. The van der Waals surface area contributed by atoms with Crippen molar-refractivity contribution in [2.45, 2.75) is 110 Å². The van der Waals surface area contributed by atoms with E-state index in [1.807, 2.05) is 4.57 Å². The zero-order valence-corrected chi connectivity index (χ0v) is 25.9. The number of carbonyl (C=O) groups is 1. The molecule has 3 rings (SSSR count). The highest BCUT2D eigenvalue weighted by Gasteiger charge is 2.46.